The molecule has 116 valence electrons. The summed E-state index contributed by atoms with van der Waals surface area (Å²) in [6.07, 6.45) is 2.82. The number of nitrogens with zero attached hydrogens (tertiary/aromatic N) is 2. The van der Waals surface area contributed by atoms with Crippen molar-refractivity contribution in [3.05, 3.63) is 29.6 Å². The van der Waals surface area contributed by atoms with Crippen molar-refractivity contribution in [2.75, 3.05) is 7.05 Å². The van der Waals surface area contributed by atoms with Gasteiger partial charge in [0.2, 0.25) is 0 Å². The standard InChI is InChI=1S/C15H22N2O4/c1-10-6-11(9-16-8-10)7-12(13(18)19)17(5)14(20)21-15(2,3)4/h6,8-9,12H,7H2,1-5H3,(H,18,19). The molecule has 1 N–H and O–H groups in total. The molecule has 0 saturated carbocycles. The van der Waals surface area contributed by atoms with Crippen molar-refractivity contribution in [3.63, 3.8) is 0 Å². The lowest BCUT2D eigenvalue weighted by molar-refractivity contribution is -0.142. The average Bonchev–Trinajstić information content (AvgIpc) is 2.32. The van der Waals surface area contributed by atoms with Gasteiger partial charge >= 0.3 is 12.1 Å². The maximum Gasteiger partial charge on any atom is 0.410 e. The normalized spacial score (nSPS) is 12.6. The zero-order chi connectivity index (χ0) is 16.2. The summed E-state index contributed by atoms with van der Waals surface area (Å²) >= 11 is 0. The monoisotopic (exact) mass is 294 g/mol. The van der Waals surface area contributed by atoms with Crippen LogP contribution in [-0.4, -0.2) is 45.7 Å². The Kier molecular flexibility index (Phi) is 5.29. The van der Waals surface area contributed by atoms with E-state index in [4.69, 9.17) is 4.74 Å². The number of aliphatic carboxylic acids is 1. The van der Waals surface area contributed by atoms with Crippen LogP contribution in [0.5, 0.6) is 0 Å². The van der Waals surface area contributed by atoms with Crippen LogP contribution in [0.4, 0.5) is 4.79 Å². The number of carbonyl (C=O) groups excluding carboxylic acids is 1. The average molecular weight is 294 g/mol. The molecule has 1 atom stereocenters. The van der Waals surface area contributed by atoms with Gasteiger partial charge in [-0.15, -0.1) is 0 Å². The summed E-state index contributed by atoms with van der Waals surface area (Å²) in [4.78, 5) is 28.6. The second-order valence-corrected chi connectivity index (χ2v) is 6.02. The van der Waals surface area contributed by atoms with E-state index in [1.54, 1.807) is 33.2 Å². The van der Waals surface area contributed by atoms with Gasteiger partial charge in [-0.25, -0.2) is 9.59 Å². The summed E-state index contributed by atoms with van der Waals surface area (Å²) in [5, 5.41) is 9.35. The largest absolute Gasteiger partial charge is 0.480 e. The number of rotatable bonds is 4. The molecule has 0 saturated heterocycles. The fourth-order valence-electron chi connectivity index (χ4n) is 1.80. The molecule has 1 aromatic rings. The van der Waals surface area contributed by atoms with E-state index in [2.05, 4.69) is 4.98 Å². The Morgan fingerprint density at radius 3 is 2.48 bits per heavy atom. The van der Waals surface area contributed by atoms with Gasteiger partial charge in [0.05, 0.1) is 0 Å². The van der Waals surface area contributed by atoms with E-state index in [1.807, 2.05) is 13.0 Å². The highest BCUT2D eigenvalue weighted by Gasteiger charge is 2.30. The van der Waals surface area contributed by atoms with Crippen LogP contribution in [0, 0.1) is 6.92 Å². The highest BCUT2D eigenvalue weighted by atomic mass is 16.6. The van der Waals surface area contributed by atoms with Crippen LogP contribution < -0.4 is 0 Å². The SMILES string of the molecule is Cc1cncc(CC(C(=O)O)N(C)C(=O)OC(C)(C)C)c1. The van der Waals surface area contributed by atoms with E-state index >= 15 is 0 Å². The molecule has 1 heterocycles. The summed E-state index contributed by atoms with van der Waals surface area (Å²) in [5.41, 5.74) is 1.04. The Bertz CT molecular complexity index is 523. The molecule has 0 fully saturated rings. The molecule has 0 spiro atoms. The Morgan fingerprint density at radius 2 is 2.00 bits per heavy atom. The van der Waals surface area contributed by atoms with Gasteiger partial charge in [0.1, 0.15) is 11.6 Å². The zero-order valence-electron chi connectivity index (χ0n) is 13.1. The molecule has 21 heavy (non-hydrogen) atoms. The van der Waals surface area contributed by atoms with Gasteiger partial charge in [0, 0.05) is 25.9 Å². The molecule has 6 heteroatoms. The quantitative estimate of drug-likeness (QED) is 0.921. The number of hydrogen-bond donors (Lipinski definition) is 1. The van der Waals surface area contributed by atoms with Gasteiger partial charge in [-0.1, -0.05) is 6.07 Å². The van der Waals surface area contributed by atoms with Gasteiger partial charge in [-0.3, -0.25) is 9.88 Å². The Labute approximate surface area is 124 Å². The van der Waals surface area contributed by atoms with E-state index in [-0.39, 0.29) is 6.42 Å². The van der Waals surface area contributed by atoms with E-state index in [0.717, 1.165) is 16.0 Å². The maximum atomic E-state index is 12.0. The summed E-state index contributed by atoms with van der Waals surface area (Å²) in [7, 11) is 1.43. The minimum absolute atomic E-state index is 0.180. The number of pyridine rings is 1. The number of ether oxygens (including phenoxy) is 1. The third-order valence-corrected chi connectivity index (χ3v) is 2.79. The van der Waals surface area contributed by atoms with Crippen molar-refractivity contribution in [2.24, 2.45) is 0 Å². The van der Waals surface area contributed by atoms with Crippen LogP contribution in [0.25, 0.3) is 0 Å². The first-order chi connectivity index (χ1) is 9.60. The van der Waals surface area contributed by atoms with Gasteiger partial charge in [-0.2, -0.15) is 0 Å². The number of carbonyl (C=O) groups is 2. The topological polar surface area (TPSA) is 79.7 Å². The predicted molar refractivity (Wildman–Crippen MR) is 78.1 cm³/mol. The number of likely N-dealkylation sites (N-methyl/N-ethyl adjacent to an activating group) is 1. The Morgan fingerprint density at radius 1 is 1.38 bits per heavy atom. The number of carboxylic acid groups (broad SMARTS) is 1. The number of aromatic nitrogens is 1. The molecule has 1 amide bonds. The minimum Gasteiger partial charge on any atom is -0.480 e. The number of carboxylic acids is 1. The Hall–Kier alpha value is -2.11. The molecular weight excluding hydrogens is 272 g/mol. The number of amides is 1. The van der Waals surface area contributed by atoms with Crippen LogP contribution >= 0.6 is 0 Å². The molecule has 0 aliphatic rings. The van der Waals surface area contributed by atoms with Crippen molar-refractivity contribution in [1.29, 1.82) is 0 Å². The van der Waals surface area contributed by atoms with Crippen LogP contribution in [0.3, 0.4) is 0 Å². The predicted octanol–water partition coefficient (Wildman–Crippen LogP) is 2.25. The van der Waals surface area contributed by atoms with Crippen molar-refractivity contribution in [1.82, 2.24) is 9.88 Å². The third kappa shape index (κ3) is 5.41. The maximum absolute atomic E-state index is 12.0. The highest BCUT2D eigenvalue weighted by molar-refractivity contribution is 5.80. The molecule has 0 aromatic carbocycles. The molecule has 0 aliphatic carbocycles. The third-order valence-electron chi connectivity index (χ3n) is 2.79. The summed E-state index contributed by atoms with van der Waals surface area (Å²) in [5.74, 6) is -1.08. The first-order valence-electron chi connectivity index (χ1n) is 6.69. The lowest BCUT2D eigenvalue weighted by Crippen LogP contribution is -2.46. The van der Waals surface area contributed by atoms with Gasteiger partial charge < -0.3 is 9.84 Å². The van der Waals surface area contributed by atoms with Crippen molar-refractivity contribution < 1.29 is 19.4 Å². The minimum atomic E-state index is -1.08. The number of aryl methyl sites for hydroxylation is 1. The van der Waals surface area contributed by atoms with E-state index in [9.17, 15) is 14.7 Å². The van der Waals surface area contributed by atoms with Crippen LogP contribution in [0.1, 0.15) is 31.9 Å². The zero-order valence-corrected chi connectivity index (χ0v) is 13.1. The fraction of sp³-hybridized carbons (Fsp3) is 0.533. The molecule has 0 radical (unpaired) electrons. The lowest BCUT2D eigenvalue weighted by Gasteiger charge is -2.28. The molecule has 1 rings (SSSR count). The van der Waals surface area contributed by atoms with Crippen LogP contribution in [0.15, 0.2) is 18.5 Å². The summed E-state index contributed by atoms with van der Waals surface area (Å²) < 4.78 is 5.20. The number of hydrogen-bond acceptors (Lipinski definition) is 4. The lowest BCUT2D eigenvalue weighted by atomic mass is 10.1. The molecule has 6 nitrogen and oxygen atoms in total. The summed E-state index contributed by atoms with van der Waals surface area (Å²) in [6, 6.07) is 0.856. The smallest absolute Gasteiger partial charge is 0.410 e. The van der Waals surface area contributed by atoms with E-state index in [0.29, 0.717) is 0 Å². The van der Waals surface area contributed by atoms with Gasteiger partial charge in [0.25, 0.3) is 0 Å². The van der Waals surface area contributed by atoms with Gasteiger partial charge in [-0.05, 0) is 38.8 Å². The van der Waals surface area contributed by atoms with Crippen molar-refractivity contribution in [2.45, 2.75) is 45.8 Å². The Balaban J connectivity index is 2.86. The molecule has 0 bridgehead atoms. The van der Waals surface area contributed by atoms with E-state index in [1.165, 1.54) is 7.05 Å². The van der Waals surface area contributed by atoms with Gasteiger partial charge in [0.15, 0.2) is 0 Å². The highest BCUT2D eigenvalue weighted by Crippen LogP contribution is 2.14. The van der Waals surface area contributed by atoms with Crippen molar-refractivity contribution >= 4 is 12.1 Å². The van der Waals surface area contributed by atoms with E-state index < -0.39 is 23.7 Å². The first kappa shape index (κ1) is 16.9. The second kappa shape index (κ2) is 6.56. The van der Waals surface area contributed by atoms with Crippen LogP contribution in [0.2, 0.25) is 0 Å². The molecule has 0 aliphatic heterocycles. The molecule has 1 unspecified atom stereocenters. The van der Waals surface area contributed by atoms with Crippen LogP contribution in [-0.2, 0) is 16.0 Å². The first-order valence-corrected chi connectivity index (χ1v) is 6.69. The fourth-order valence-corrected chi connectivity index (χ4v) is 1.80. The second-order valence-electron chi connectivity index (χ2n) is 6.02. The molecular formula is C15H22N2O4. The summed E-state index contributed by atoms with van der Waals surface area (Å²) in [6.45, 7) is 7.08. The van der Waals surface area contributed by atoms with Crippen molar-refractivity contribution in [3.8, 4) is 0 Å². The molecule has 1 aromatic heterocycles.